The van der Waals surface area contributed by atoms with E-state index in [9.17, 15) is 9.59 Å². The SMILES string of the molecule is O=C(O)CC[C@]1(NC(=O)OCc2ccccc2)CCCNC1. The second kappa shape index (κ2) is 7.79. The first-order valence-corrected chi connectivity index (χ1v) is 7.51. The predicted molar refractivity (Wildman–Crippen MR) is 81.5 cm³/mol. The van der Waals surface area contributed by atoms with E-state index in [1.54, 1.807) is 0 Å². The fourth-order valence-corrected chi connectivity index (χ4v) is 2.67. The van der Waals surface area contributed by atoms with Crippen LogP contribution in [0.5, 0.6) is 0 Å². The highest BCUT2D eigenvalue weighted by molar-refractivity contribution is 5.69. The van der Waals surface area contributed by atoms with Crippen LogP contribution >= 0.6 is 0 Å². The number of carboxylic acids is 1. The normalized spacial score (nSPS) is 21.1. The fraction of sp³-hybridized carbons (Fsp3) is 0.500. The van der Waals surface area contributed by atoms with Crippen LogP contribution < -0.4 is 10.6 Å². The minimum Gasteiger partial charge on any atom is -0.481 e. The van der Waals surface area contributed by atoms with E-state index in [2.05, 4.69) is 10.6 Å². The average molecular weight is 306 g/mol. The topological polar surface area (TPSA) is 87.7 Å². The Morgan fingerprint density at radius 3 is 2.73 bits per heavy atom. The van der Waals surface area contributed by atoms with Crippen molar-refractivity contribution < 1.29 is 19.4 Å². The number of rotatable bonds is 6. The molecule has 1 amide bonds. The molecule has 2 rings (SSSR count). The molecule has 3 N–H and O–H groups in total. The monoisotopic (exact) mass is 306 g/mol. The molecule has 1 heterocycles. The number of carbonyl (C=O) groups is 2. The van der Waals surface area contributed by atoms with E-state index in [1.165, 1.54) is 0 Å². The molecule has 0 radical (unpaired) electrons. The van der Waals surface area contributed by atoms with Gasteiger partial charge in [-0.15, -0.1) is 0 Å². The summed E-state index contributed by atoms with van der Waals surface area (Å²) < 4.78 is 5.24. The van der Waals surface area contributed by atoms with Crippen molar-refractivity contribution in [2.24, 2.45) is 0 Å². The van der Waals surface area contributed by atoms with Gasteiger partial charge in [-0.2, -0.15) is 0 Å². The first-order chi connectivity index (χ1) is 10.6. The van der Waals surface area contributed by atoms with Gasteiger partial charge in [0.1, 0.15) is 6.61 Å². The molecule has 6 heteroatoms. The van der Waals surface area contributed by atoms with E-state index in [1.807, 2.05) is 30.3 Å². The summed E-state index contributed by atoms with van der Waals surface area (Å²) >= 11 is 0. The van der Waals surface area contributed by atoms with Gasteiger partial charge in [-0.3, -0.25) is 4.79 Å². The molecule has 1 atom stereocenters. The minimum atomic E-state index is -0.857. The van der Waals surface area contributed by atoms with Crippen molar-refractivity contribution in [3.05, 3.63) is 35.9 Å². The predicted octanol–water partition coefficient (Wildman–Crippen LogP) is 1.90. The van der Waals surface area contributed by atoms with Crippen LogP contribution in [0.15, 0.2) is 30.3 Å². The molecule has 1 aliphatic rings. The van der Waals surface area contributed by atoms with Gasteiger partial charge in [0, 0.05) is 13.0 Å². The van der Waals surface area contributed by atoms with Crippen LogP contribution in [0.25, 0.3) is 0 Å². The summed E-state index contributed by atoms with van der Waals surface area (Å²) in [6.45, 7) is 1.66. The second-order valence-corrected chi connectivity index (χ2v) is 5.64. The Bertz CT molecular complexity index is 498. The van der Waals surface area contributed by atoms with E-state index < -0.39 is 17.6 Å². The van der Waals surface area contributed by atoms with Crippen LogP contribution in [0.2, 0.25) is 0 Å². The number of hydrogen-bond acceptors (Lipinski definition) is 4. The lowest BCUT2D eigenvalue weighted by molar-refractivity contribution is -0.137. The molecule has 0 aromatic heterocycles. The number of hydrogen-bond donors (Lipinski definition) is 3. The number of benzene rings is 1. The number of aliphatic carboxylic acids is 1. The Balaban J connectivity index is 1.88. The number of piperidine rings is 1. The van der Waals surface area contributed by atoms with Crippen LogP contribution in [-0.2, 0) is 16.1 Å². The van der Waals surface area contributed by atoms with Crippen molar-refractivity contribution in [3.63, 3.8) is 0 Å². The van der Waals surface area contributed by atoms with Crippen LogP contribution in [0.1, 0.15) is 31.2 Å². The zero-order valence-electron chi connectivity index (χ0n) is 12.5. The molecule has 1 aromatic carbocycles. The van der Waals surface area contributed by atoms with Crippen molar-refractivity contribution in [2.75, 3.05) is 13.1 Å². The molecule has 0 spiro atoms. The molecular weight excluding hydrogens is 284 g/mol. The van der Waals surface area contributed by atoms with E-state index >= 15 is 0 Å². The first-order valence-electron chi connectivity index (χ1n) is 7.51. The average Bonchev–Trinajstić information content (AvgIpc) is 2.53. The summed E-state index contributed by atoms with van der Waals surface area (Å²) in [5.41, 5.74) is 0.378. The van der Waals surface area contributed by atoms with Crippen LogP contribution in [0.3, 0.4) is 0 Å². The fourth-order valence-electron chi connectivity index (χ4n) is 2.67. The second-order valence-electron chi connectivity index (χ2n) is 5.64. The van der Waals surface area contributed by atoms with E-state index in [-0.39, 0.29) is 13.0 Å². The Morgan fingerprint density at radius 1 is 1.32 bits per heavy atom. The molecule has 1 fully saturated rings. The lowest BCUT2D eigenvalue weighted by Gasteiger charge is -2.37. The van der Waals surface area contributed by atoms with E-state index in [4.69, 9.17) is 9.84 Å². The van der Waals surface area contributed by atoms with Gasteiger partial charge in [0.25, 0.3) is 0 Å². The zero-order valence-corrected chi connectivity index (χ0v) is 12.5. The van der Waals surface area contributed by atoms with E-state index in [0.29, 0.717) is 13.0 Å². The highest BCUT2D eigenvalue weighted by Gasteiger charge is 2.34. The van der Waals surface area contributed by atoms with Gasteiger partial charge in [-0.1, -0.05) is 30.3 Å². The van der Waals surface area contributed by atoms with Crippen LogP contribution in [0, 0.1) is 0 Å². The number of ether oxygens (including phenoxy) is 1. The quantitative estimate of drug-likeness (QED) is 0.747. The van der Waals surface area contributed by atoms with Gasteiger partial charge in [-0.25, -0.2) is 4.79 Å². The van der Waals surface area contributed by atoms with E-state index in [0.717, 1.165) is 24.9 Å². The summed E-state index contributed by atoms with van der Waals surface area (Å²) in [5, 5.41) is 15.0. The third kappa shape index (κ3) is 5.04. The maximum Gasteiger partial charge on any atom is 0.407 e. The molecule has 0 aliphatic carbocycles. The molecule has 1 aromatic rings. The lowest BCUT2D eigenvalue weighted by atomic mass is 9.85. The molecule has 0 saturated carbocycles. The Labute approximate surface area is 129 Å². The Morgan fingerprint density at radius 2 is 2.09 bits per heavy atom. The lowest BCUT2D eigenvalue weighted by Crippen LogP contribution is -2.57. The standard InChI is InChI=1S/C16H22N2O4/c19-14(20)7-9-16(8-4-10-17-12-16)18-15(21)22-11-13-5-2-1-3-6-13/h1-3,5-6,17H,4,7-12H2,(H,18,21)(H,19,20)/t16-/m1/s1. The van der Waals surface area contributed by atoms with Crippen LogP contribution in [0.4, 0.5) is 4.79 Å². The maximum atomic E-state index is 12.0. The molecule has 22 heavy (non-hydrogen) atoms. The number of nitrogens with one attached hydrogen (secondary N) is 2. The summed E-state index contributed by atoms with van der Waals surface area (Å²) in [7, 11) is 0. The molecule has 0 unspecified atom stereocenters. The van der Waals surface area contributed by atoms with Crippen molar-refractivity contribution in [2.45, 2.75) is 37.8 Å². The maximum absolute atomic E-state index is 12.0. The van der Waals surface area contributed by atoms with Crippen molar-refractivity contribution >= 4 is 12.1 Å². The zero-order chi connectivity index (χ0) is 15.8. The number of alkyl carbamates (subject to hydrolysis) is 1. The van der Waals surface area contributed by atoms with Crippen molar-refractivity contribution in [3.8, 4) is 0 Å². The number of carbonyl (C=O) groups excluding carboxylic acids is 1. The number of amides is 1. The van der Waals surface area contributed by atoms with Gasteiger partial charge in [-0.05, 0) is 31.4 Å². The molecular formula is C16H22N2O4. The third-order valence-corrected chi connectivity index (χ3v) is 3.87. The van der Waals surface area contributed by atoms with Gasteiger partial charge in [0.05, 0.1) is 5.54 Å². The molecule has 1 aliphatic heterocycles. The van der Waals surface area contributed by atoms with Gasteiger partial charge in [0.15, 0.2) is 0 Å². The Hall–Kier alpha value is -2.08. The third-order valence-electron chi connectivity index (χ3n) is 3.87. The highest BCUT2D eigenvalue weighted by Crippen LogP contribution is 2.22. The smallest absolute Gasteiger partial charge is 0.407 e. The van der Waals surface area contributed by atoms with Gasteiger partial charge in [0.2, 0.25) is 0 Å². The molecule has 0 bridgehead atoms. The summed E-state index contributed by atoms with van der Waals surface area (Å²) in [4.78, 5) is 22.8. The molecule has 120 valence electrons. The van der Waals surface area contributed by atoms with Crippen LogP contribution in [-0.4, -0.2) is 35.8 Å². The number of carboxylic acid groups (broad SMARTS) is 1. The van der Waals surface area contributed by atoms with Crippen molar-refractivity contribution in [1.29, 1.82) is 0 Å². The largest absolute Gasteiger partial charge is 0.481 e. The molecule has 1 saturated heterocycles. The first kappa shape index (κ1) is 16.3. The minimum absolute atomic E-state index is 0.0284. The summed E-state index contributed by atoms with van der Waals surface area (Å²) in [5.74, 6) is -0.857. The summed E-state index contributed by atoms with van der Waals surface area (Å²) in [6, 6.07) is 9.44. The van der Waals surface area contributed by atoms with Gasteiger partial charge < -0.3 is 20.5 Å². The van der Waals surface area contributed by atoms with Gasteiger partial charge >= 0.3 is 12.1 Å². The van der Waals surface area contributed by atoms with Crippen molar-refractivity contribution in [1.82, 2.24) is 10.6 Å². The Kier molecular flexibility index (Phi) is 5.77. The molecule has 6 nitrogen and oxygen atoms in total. The highest BCUT2D eigenvalue weighted by atomic mass is 16.5. The summed E-state index contributed by atoms with van der Waals surface area (Å²) in [6.07, 6.45) is 1.58.